The summed E-state index contributed by atoms with van der Waals surface area (Å²) >= 11 is 0. The second-order valence-electron chi connectivity index (χ2n) is 1.77. The van der Waals surface area contributed by atoms with Crippen molar-refractivity contribution in [1.29, 1.82) is 0 Å². The van der Waals surface area contributed by atoms with E-state index in [1.54, 1.807) is 0 Å². The van der Waals surface area contributed by atoms with Gasteiger partial charge in [0.05, 0.1) is 0 Å². The van der Waals surface area contributed by atoms with Crippen molar-refractivity contribution in [3.63, 3.8) is 0 Å². The Bertz CT molecular complexity index is 92.6. The lowest BCUT2D eigenvalue weighted by atomic mass is 10.2. The fourth-order valence-corrected chi connectivity index (χ4v) is 0.435. The molecule has 1 heteroatoms. The largest absolute Gasteiger partial charge is 0.403 e. The number of hydrogen-bond donors (Lipinski definition) is 1. The molecule has 0 atom stereocenters. The molecule has 1 nitrogen and oxygen atoms in total. The van der Waals surface area contributed by atoms with Crippen molar-refractivity contribution >= 4 is 0 Å². The summed E-state index contributed by atoms with van der Waals surface area (Å²) < 4.78 is 0. The Balaban J connectivity index is 3.05. The average Bonchev–Trinajstić information content (AvgIpc) is 1.66. The molecule has 2 N–H and O–H groups in total. The molecule has 0 unspecified atom stereocenters. The summed E-state index contributed by atoms with van der Waals surface area (Å²) in [5.41, 5.74) is 6.07. The number of nitrogens with two attached hydrogens (primary N) is 1. The van der Waals surface area contributed by atoms with E-state index >= 15 is 0 Å². The maximum atomic E-state index is 5.30. The standard InChI is InChI=1S/C7H13N/c1-3-4-5-6-7(2)8/h3-4H,2,5-6,8H2,1H3/b4-3-. The van der Waals surface area contributed by atoms with Crippen LogP contribution in [0.1, 0.15) is 19.8 Å². The van der Waals surface area contributed by atoms with Crippen molar-refractivity contribution in [2.75, 3.05) is 0 Å². The second kappa shape index (κ2) is 4.44. The lowest BCUT2D eigenvalue weighted by molar-refractivity contribution is 0.965. The Morgan fingerprint density at radius 3 is 2.75 bits per heavy atom. The Morgan fingerprint density at radius 2 is 2.38 bits per heavy atom. The van der Waals surface area contributed by atoms with Crippen LogP contribution in [0.3, 0.4) is 0 Å². The van der Waals surface area contributed by atoms with Gasteiger partial charge in [-0.25, -0.2) is 0 Å². The molecule has 0 aromatic carbocycles. The first-order valence-electron chi connectivity index (χ1n) is 2.81. The van der Waals surface area contributed by atoms with Gasteiger partial charge in [-0.2, -0.15) is 0 Å². The normalized spacial score (nSPS) is 10.1. The van der Waals surface area contributed by atoms with Crippen LogP contribution in [-0.4, -0.2) is 0 Å². The third kappa shape index (κ3) is 5.28. The summed E-state index contributed by atoms with van der Waals surface area (Å²) in [6.45, 7) is 5.57. The molecular formula is C7H13N. The van der Waals surface area contributed by atoms with Crippen LogP contribution in [0.4, 0.5) is 0 Å². The van der Waals surface area contributed by atoms with Crippen LogP contribution in [0.15, 0.2) is 24.4 Å². The molecule has 0 aliphatic carbocycles. The Kier molecular flexibility index (Phi) is 4.04. The minimum absolute atomic E-state index is 0.767. The zero-order valence-electron chi connectivity index (χ0n) is 5.35. The molecule has 0 aliphatic heterocycles. The van der Waals surface area contributed by atoms with Gasteiger partial charge in [-0.3, -0.25) is 0 Å². The van der Waals surface area contributed by atoms with E-state index in [4.69, 9.17) is 5.73 Å². The minimum atomic E-state index is 0.767. The highest BCUT2D eigenvalue weighted by molar-refractivity contribution is 4.90. The third-order valence-electron chi connectivity index (χ3n) is 0.868. The molecule has 0 heterocycles. The highest BCUT2D eigenvalue weighted by Gasteiger charge is 1.79. The molecule has 46 valence electrons. The molecule has 0 fully saturated rings. The van der Waals surface area contributed by atoms with E-state index in [-0.39, 0.29) is 0 Å². The van der Waals surface area contributed by atoms with Crippen molar-refractivity contribution in [1.82, 2.24) is 0 Å². The Hall–Kier alpha value is -0.720. The fourth-order valence-electron chi connectivity index (χ4n) is 0.435. The van der Waals surface area contributed by atoms with Crippen LogP contribution < -0.4 is 5.73 Å². The van der Waals surface area contributed by atoms with E-state index in [2.05, 4.69) is 12.7 Å². The zero-order chi connectivity index (χ0) is 6.41. The number of allylic oxidation sites excluding steroid dienone is 3. The molecule has 0 amide bonds. The molecule has 0 saturated carbocycles. The molecule has 0 bridgehead atoms. The summed E-state index contributed by atoms with van der Waals surface area (Å²) in [4.78, 5) is 0. The predicted molar refractivity (Wildman–Crippen MR) is 37.4 cm³/mol. The van der Waals surface area contributed by atoms with E-state index in [0.717, 1.165) is 18.5 Å². The van der Waals surface area contributed by atoms with Crippen molar-refractivity contribution < 1.29 is 0 Å². The zero-order valence-corrected chi connectivity index (χ0v) is 5.35. The molecule has 0 aromatic rings. The van der Waals surface area contributed by atoms with Crippen LogP contribution in [0, 0.1) is 0 Å². The Morgan fingerprint density at radius 1 is 1.75 bits per heavy atom. The van der Waals surface area contributed by atoms with E-state index in [1.165, 1.54) is 0 Å². The van der Waals surface area contributed by atoms with Gasteiger partial charge < -0.3 is 5.73 Å². The van der Waals surface area contributed by atoms with Gasteiger partial charge in [-0.05, 0) is 19.8 Å². The topological polar surface area (TPSA) is 26.0 Å². The molecule has 0 saturated heterocycles. The van der Waals surface area contributed by atoms with Gasteiger partial charge in [-0.1, -0.05) is 18.7 Å². The lowest BCUT2D eigenvalue weighted by Crippen LogP contribution is -1.92. The average molecular weight is 111 g/mol. The maximum Gasteiger partial charge on any atom is 0.00105 e. The van der Waals surface area contributed by atoms with Crippen molar-refractivity contribution in [3.05, 3.63) is 24.4 Å². The molecule has 8 heavy (non-hydrogen) atoms. The van der Waals surface area contributed by atoms with Gasteiger partial charge in [-0.15, -0.1) is 0 Å². The van der Waals surface area contributed by atoms with Gasteiger partial charge in [0, 0.05) is 5.70 Å². The molecule has 0 radical (unpaired) electrons. The summed E-state index contributed by atoms with van der Waals surface area (Å²) in [5.74, 6) is 0. The summed E-state index contributed by atoms with van der Waals surface area (Å²) in [7, 11) is 0. The SMILES string of the molecule is C=C(N)CC/C=C\C. The quantitative estimate of drug-likeness (QED) is 0.552. The summed E-state index contributed by atoms with van der Waals surface area (Å²) in [6.07, 6.45) is 6.02. The van der Waals surface area contributed by atoms with E-state index in [0.29, 0.717) is 0 Å². The van der Waals surface area contributed by atoms with Gasteiger partial charge in [0.15, 0.2) is 0 Å². The summed E-state index contributed by atoms with van der Waals surface area (Å²) in [6, 6.07) is 0. The van der Waals surface area contributed by atoms with E-state index in [9.17, 15) is 0 Å². The van der Waals surface area contributed by atoms with Gasteiger partial charge >= 0.3 is 0 Å². The maximum absolute atomic E-state index is 5.30. The predicted octanol–water partition coefficient (Wildman–Crippen LogP) is 1.82. The third-order valence-corrected chi connectivity index (χ3v) is 0.868. The van der Waals surface area contributed by atoms with Gasteiger partial charge in [0.1, 0.15) is 0 Å². The van der Waals surface area contributed by atoms with Gasteiger partial charge in [0.25, 0.3) is 0 Å². The van der Waals surface area contributed by atoms with Crippen molar-refractivity contribution in [3.8, 4) is 0 Å². The monoisotopic (exact) mass is 111 g/mol. The van der Waals surface area contributed by atoms with Crippen LogP contribution >= 0.6 is 0 Å². The van der Waals surface area contributed by atoms with Crippen LogP contribution in [0.25, 0.3) is 0 Å². The van der Waals surface area contributed by atoms with E-state index < -0.39 is 0 Å². The van der Waals surface area contributed by atoms with Crippen LogP contribution in [0.5, 0.6) is 0 Å². The highest BCUT2D eigenvalue weighted by Crippen LogP contribution is 1.94. The number of rotatable bonds is 3. The lowest BCUT2D eigenvalue weighted by Gasteiger charge is -1.90. The molecule has 0 rings (SSSR count). The van der Waals surface area contributed by atoms with Crippen LogP contribution in [-0.2, 0) is 0 Å². The van der Waals surface area contributed by atoms with Crippen molar-refractivity contribution in [2.45, 2.75) is 19.8 Å². The fraction of sp³-hybridized carbons (Fsp3) is 0.429. The molecule has 0 aromatic heterocycles. The first kappa shape index (κ1) is 7.28. The molecule has 0 aliphatic rings. The minimum Gasteiger partial charge on any atom is -0.403 e. The van der Waals surface area contributed by atoms with Gasteiger partial charge in [0.2, 0.25) is 0 Å². The van der Waals surface area contributed by atoms with Crippen molar-refractivity contribution in [2.24, 2.45) is 5.73 Å². The van der Waals surface area contributed by atoms with Crippen LogP contribution in [0.2, 0.25) is 0 Å². The first-order valence-corrected chi connectivity index (χ1v) is 2.81. The highest BCUT2D eigenvalue weighted by atomic mass is 14.5. The summed E-state index contributed by atoms with van der Waals surface area (Å²) in [5, 5.41) is 0. The molecular weight excluding hydrogens is 98.1 g/mol. The Labute approximate surface area is 50.9 Å². The smallest absolute Gasteiger partial charge is 0.00105 e. The second-order valence-corrected chi connectivity index (χ2v) is 1.77. The number of hydrogen-bond acceptors (Lipinski definition) is 1. The van der Waals surface area contributed by atoms with E-state index in [1.807, 2.05) is 13.0 Å². The first-order chi connectivity index (χ1) is 3.77. The molecule has 0 spiro atoms.